The molecular weight excluding hydrogens is 318 g/mol. The number of phosphoric acid groups is 2. The standard InChI is InChI=1S/C12H26.H4O7P2/c1-3-5-7-9-11-12-10-8-6-4-2;1-8(2,3)7-9(4,5)6/h3-12H2,1-2H3;(H2,1,2,3)(H2,4,5,6). The third kappa shape index (κ3) is 29.0. The van der Waals surface area contributed by atoms with Crippen molar-refractivity contribution in [3.63, 3.8) is 0 Å². The lowest BCUT2D eigenvalue weighted by Crippen LogP contribution is -1.84. The number of rotatable bonds is 11. The lowest BCUT2D eigenvalue weighted by Gasteiger charge is -2.03. The molecule has 4 N–H and O–H groups in total. The summed E-state index contributed by atoms with van der Waals surface area (Å²) in [6, 6.07) is 0. The molecule has 0 bridgehead atoms. The van der Waals surface area contributed by atoms with Crippen LogP contribution < -0.4 is 0 Å². The van der Waals surface area contributed by atoms with Gasteiger partial charge in [-0.05, 0) is 0 Å². The van der Waals surface area contributed by atoms with Gasteiger partial charge in [-0.25, -0.2) is 9.13 Å². The molecular formula is C12H30O7P2. The molecule has 21 heavy (non-hydrogen) atoms. The van der Waals surface area contributed by atoms with Crippen molar-refractivity contribution in [2.45, 2.75) is 78.1 Å². The zero-order chi connectivity index (χ0) is 16.8. The van der Waals surface area contributed by atoms with E-state index in [-0.39, 0.29) is 0 Å². The molecule has 0 aromatic rings. The van der Waals surface area contributed by atoms with Crippen LogP contribution in [0.2, 0.25) is 0 Å². The SMILES string of the molecule is CCCCCCCCCCCC.O=P(O)(O)OP(=O)(O)O. The monoisotopic (exact) mass is 348 g/mol. The molecule has 0 aliphatic rings. The maximum Gasteiger partial charge on any atom is 0.478 e. The Labute approximate surface area is 127 Å². The quantitative estimate of drug-likeness (QED) is 0.327. The highest BCUT2D eigenvalue weighted by atomic mass is 31.3. The number of hydrogen-bond acceptors (Lipinski definition) is 3. The lowest BCUT2D eigenvalue weighted by molar-refractivity contribution is 0.225. The summed E-state index contributed by atoms with van der Waals surface area (Å²) in [7, 11) is -10.1. The number of unbranched alkanes of at least 4 members (excludes halogenated alkanes) is 9. The summed E-state index contributed by atoms with van der Waals surface area (Å²) in [5.74, 6) is 0. The van der Waals surface area contributed by atoms with Crippen molar-refractivity contribution in [3.8, 4) is 0 Å². The summed E-state index contributed by atoms with van der Waals surface area (Å²) < 4.78 is 22.2. The summed E-state index contributed by atoms with van der Waals surface area (Å²) in [5.41, 5.74) is 0. The van der Waals surface area contributed by atoms with Crippen molar-refractivity contribution in [1.29, 1.82) is 0 Å². The molecule has 0 aliphatic heterocycles. The minimum Gasteiger partial charge on any atom is -0.302 e. The maximum atomic E-state index is 9.63. The highest BCUT2D eigenvalue weighted by Gasteiger charge is 2.27. The Morgan fingerprint density at radius 2 is 0.857 bits per heavy atom. The Balaban J connectivity index is 0. The van der Waals surface area contributed by atoms with Crippen LogP contribution in [0.15, 0.2) is 0 Å². The van der Waals surface area contributed by atoms with E-state index in [9.17, 15) is 9.13 Å². The van der Waals surface area contributed by atoms with Crippen molar-refractivity contribution < 1.29 is 33.0 Å². The van der Waals surface area contributed by atoms with Gasteiger partial charge in [0.2, 0.25) is 0 Å². The maximum absolute atomic E-state index is 9.63. The molecule has 0 amide bonds. The first-order valence-electron chi connectivity index (χ1n) is 7.44. The molecule has 7 nitrogen and oxygen atoms in total. The van der Waals surface area contributed by atoms with Gasteiger partial charge in [-0.3, -0.25) is 0 Å². The minimum atomic E-state index is -5.05. The Bertz CT molecular complexity index is 281. The Hall–Kier alpha value is 0.260. The van der Waals surface area contributed by atoms with Crippen LogP contribution in [0.1, 0.15) is 78.1 Å². The average Bonchev–Trinajstić information content (AvgIpc) is 2.29. The van der Waals surface area contributed by atoms with Crippen LogP contribution in [-0.4, -0.2) is 19.6 Å². The van der Waals surface area contributed by atoms with E-state index in [1.807, 2.05) is 0 Å². The van der Waals surface area contributed by atoms with Gasteiger partial charge in [-0.2, -0.15) is 4.31 Å². The van der Waals surface area contributed by atoms with Crippen LogP contribution in [0.3, 0.4) is 0 Å². The molecule has 130 valence electrons. The van der Waals surface area contributed by atoms with Crippen LogP contribution in [0.5, 0.6) is 0 Å². The zero-order valence-electron chi connectivity index (χ0n) is 13.0. The third-order valence-corrected chi connectivity index (χ3v) is 4.37. The molecule has 0 saturated carbocycles. The van der Waals surface area contributed by atoms with Crippen LogP contribution in [0.25, 0.3) is 0 Å². The van der Waals surface area contributed by atoms with E-state index in [1.54, 1.807) is 0 Å². The van der Waals surface area contributed by atoms with Gasteiger partial charge < -0.3 is 19.6 Å². The van der Waals surface area contributed by atoms with E-state index in [2.05, 4.69) is 18.2 Å². The summed E-state index contributed by atoms with van der Waals surface area (Å²) in [6.07, 6.45) is 14.4. The second-order valence-electron chi connectivity index (χ2n) is 4.89. The summed E-state index contributed by atoms with van der Waals surface area (Å²) in [5, 5.41) is 0. The van der Waals surface area contributed by atoms with E-state index < -0.39 is 15.6 Å². The fraction of sp³-hybridized carbons (Fsp3) is 1.00. The van der Waals surface area contributed by atoms with Crippen molar-refractivity contribution in [2.24, 2.45) is 0 Å². The van der Waals surface area contributed by atoms with Crippen molar-refractivity contribution in [1.82, 2.24) is 0 Å². The van der Waals surface area contributed by atoms with E-state index in [0.717, 1.165) is 0 Å². The predicted octanol–water partition coefficient (Wildman–Crippen LogP) is 4.12. The van der Waals surface area contributed by atoms with Crippen molar-refractivity contribution in [3.05, 3.63) is 0 Å². The molecule has 0 aromatic heterocycles. The molecule has 0 atom stereocenters. The Morgan fingerprint density at radius 1 is 0.619 bits per heavy atom. The highest BCUT2D eigenvalue weighted by Crippen LogP contribution is 2.53. The summed E-state index contributed by atoms with van der Waals surface area (Å²) >= 11 is 0. The molecule has 0 radical (unpaired) electrons. The molecule has 9 heteroatoms. The first-order valence-corrected chi connectivity index (χ1v) is 10.5. The summed E-state index contributed by atoms with van der Waals surface area (Å²) in [6.45, 7) is 4.56. The molecule has 0 heterocycles. The fourth-order valence-electron chi connectivity index (χ4n) is 1.70. The van der Waals surface area contributed by atoms with Gasteiger partial charge in [0.1, 0.15) is 0 Å². The second kappa shape index (κ2) is 13.9. The van der Waals surface area contributed by atoms with Gasteiger partial charge in [-0.1, -0.05) is 78.1 Å². The topological polar surface area (TPSA) is 124 Å². The van der Waals surface area contributed by atoms with Crippen molar-refractivity contribution >= 4 is 15.6 Å². The average molecular weight is 348 g/mol. The molecule has 0 rings (SSSR count). The predicted molar refractivity (Wildman–Crippen MR) is 82.7 cm³/mol. The molecule has 0 aromatic carbocycles. The minimum absolute atomic E-state index is 1.37. The van der Waals surface area contributed by atoms with Gasteiger partial charge in [-0.15, -0.1) is 0 Å². The number of hydrogen-bond donors (Lipinski definition) is 4. The lowest BCUT2D eigenvalue weighted by atomic mass is 10.1. The molecule has 0 fully saturated rings. The third-order valence-electron chi connectivity index (χ3n) is 2.67. The van der Waals surface area contributed by atoms with Gasteiger partial charge in [0.25, 0.3) is 0 Å². The molecule has 0 saturated heterocycles. The Morgan fingerprint density at radius 3 is 1.00 bits per heavy atom. The van der Waals surface area contributed by atoms with Crippen molar-refractivity contribution in [2.75, 3.05) is 0 Å². The van der Waals surface area contributed by atoms with Crippen LogP contribution in [0, 0.1) is 0 Å². The van der Waals surface area contributed by atoms with Gasteiger partial charge >= 0.3 is 15.6 Å². The summed E-state index contributed by atoms with van der Waals surface area (Å²) in [4.78, 5) is 31.0. The fourth-order valence-corrected chi connectivity index (χ4v) is 2.81. The second-order valence-corrected chi connectivity index (χ2v) is 7.51. The molecule has 0 unspecified atom stereocenters. The Kier molecular flexibility index (Phi) is 15.6. The normalized spacial score (nSPS) is 11.9. The van der Waals surface area contributed by atoms with Gasteiger partial charge in [0, 0.05) is 0 Å². The molecule has 0 aliphatic carbocycles. The zero-order valence-corrected chi connectivity index (χ0v) is 14.8. The van der Waals surface area contributed by atoms with Crippen LogP contribution in [-0.2, 0) is 13.4 Å². The first kappa shape index (κ1) is 23.5. The smallest absolute Gasteiger partial charge is 0.302 e. The van der Waals surface area contributed by atoms with Crippen LogP contribution in [0.4, 0.5) is 0 Å². The molecule has 0 spiro atoms. The van der Waals surface area contributed by atoms with E-state index in [0.29, 0.717) is 0 Å². The first-order chi connectivity index (χ1) is 9.62. The van der Waals surface area contributed by atoms with E-state index in [4.69, 9.17) is 19.6 Å². The van der Waals surface area contributed by atoms with E-state index >= 15 is 0 Å². The van der Waals surface area contributed by atoms with E-state index in [1.165, 1.54) is 64.2 Å². The van der Waals surface area contributed by atoms with Gasteiger partial charge in [0.15, 0.2) is 0 Å². The van der Waals surface area contributed by atoms with Gasteiger partial charge in [0.05, 0.1) is 0 Å². The van der Waals surface area contributed by atoms with Crippen LogP contribution >= 0.6 is 15.6 Å². The largest absolute Gasteiger partial charge is 0.478 e. The highest BCUT2D eigenvalue weighted by molar-refractivity contribution is 7.60.